The minimum atomic E-state index is -0.950. The molecule has 2 amide bonds. The fourth-order valence-corrected chi connectivity index (χ4v) is 3.06. The van der Waals surface area contributed by atoms with Gasteiger partial charge < -0.3 is 20.1 Å². The molecule has 26 heavy (non-hydrogen) atoms. The van der Waals surface area contributed by atoms with Gasteiger partial charge in [0.2, 0.25) is 0 Å². The highest BCUT2D eigenvalue weighted by molar-refractivity contribution is 5.79. The van der Waals surface area contributed by atoms with Crippen LogP contribution in [-0.4, -0.2) is 42.2 Å². The number of urea groups is 1. The van der Waals surface area contributed by atoms with E-state index in [4.69, 9.17) is 9.84 Å². The van der Waals surface area contributed by atoms with E-state index in [0.29, 0.717) is 42.1 Å². The maximum absolute atomic E-state index is 13.9. The number of hydrogen-bond donors (Lipinski definition) is 2. The molecular formula is C19H19FN2O4. The Bertz CT molecular complexity index is 853. The Morgan fingerprint density at radius 1 is 1.27 bits per heavy atom. The third kappa shape index (κ3) is 3.77. The summed E-state index contributed by atoms with van der Waals surface area (Å²) in [6.07, 6.45) is -0.143. The van der Waals surface area contributed by atoms with E-state index in [2.05, 4.69) is 5.32 Å². The molecule has 1 saturated heterocycles. The maximum Gasteiger partial charge on any atom is 0.317 e. The van der Waals surface area contributed by atoms with Crippen LogP contribution < -0.4 is 10.1 Å². The Morgan fingerprint density at radius 3 is 2.73 bits per heavy atom. The second-order valence-electron chi connectivity index (χ2n) is 6.06. The Labute approximate surface area is 150 Å². The Kier molecular flexibility index (Phi) is 5.06. The van der Waals surface area contributed by atoms with Gasteiger partial charge in [-0.15, -0.1) is 0 Å². The molecule has 0 aliphatic carbocycles. The molecule has 7 heteroatoms. The van der Waals surface area contributed by atoms with Crippen molar-refractivity contribution < 1.29 is 23.8 Å². The van der Waals surface area contributed by atoms with Gasteiger partial charge in [0.15, 0.2) is 0 Å². The number of aliphatic carboxylic acids is 1. The lowest BCUT2D eigenvalue weighted by molar-refractivity contribution is -0.136. The van der Waals surface area contributed by atoms with Gasteiger partial charge in [0.1, 0.15) is 11.6 Å². The van der Waals surface area contributed by atoms with E-state index in [1.165, 1.54) is 19.2 Å². The molecule has 0 saturated carbocycles. The standard InChI is InChI=1S/C19H19FN2O4/c1-26-17-5-2-12(9-18(23)24)8-16(17)15-10-14(20)4-3-13(15)11-22-7-6-21-19(22)25/h2-5,8,10H,6-7,9,11H2,1H3,(H,21,25)(H,23,24). The third-order valence-electron chi connectivity index (χ3n) is 4.29. The summed E-state index contributed by atoms with van der Waals surface area (Å²) in [6.45, 7) is 1.48. The number of amides is 2. The van der Waals surface area contributed by atoms with Gasteiger partial charge in [0.05, 0.1) is 13.5 Å². The molecule has 0 radical (unpaired) electrons. The first-order valence-corrected chi connectivity index (χ1v) is 8.18. The second kappa shape index (κ2) is 7.43. The fraction of sp³-hybridized carbons (Fsp3) is 0.263. The zero-order valence-corrected chi connectivity index (χ0v) is 14.3. The maximum atomic E-state index is 13.9. The largest absolute Gasteiger partial charge is 0.496 e. The van der Waals surface area contributed by atoms with Gasteiger partial charge in [0, 0.05) is 25.2 Å². The van der Waals surface area contributed by atoms with Gasteiger partial charge in [-0.25, -0.2) is 9.18 Å². The van der Waals surface area contributed by atoms with Crippen molar-refractivity contribution in [1.82, 2.24) is 10.2 Å². The summed E-state index contributed by atoms with van der Waals surface area (Å²) in [6, 6.07) is 9.24. The molecule has 0 atom stereocenters. The highest BCUT2D eigenvalue weighted by Crippen LogP contribution is 2.34. The molecule has 0 spiro atoms. The Balaban J connectivity index is 2.05. The zero-order valence-electron chi connectivity index (χ0n) is 14.3. The number of carbonyl (C=O) groups excluding carboxylic acids is 1. The molecule has 1 aliphatic heterocycles. The summed E-state index contributed by atoms with van der Waals surface area (Å²) in [5.74, 6) is -0.855. The van der Waals surface area contributed by atoms with Crippen LogP contribution in [0.2, 0.25) is 0 Å². The van der Waals surface area contributed by atoms with E-state index < -0.39 is 11.8 Å². The molecule has 136 valence electrons. The van der Waals surface area contributed by atoms with Crippen molar-refractivity contribution in [3.05, 3.63) is 53.3 Å². The molecule has 1 aliphatic rings. The molecule has 3 rings (SSSR count). The Morgan fingerprint density at radius 2 is 2.08 bits per heavy atom. The van der Waals surface area contributed by atoms with Crippen LogP contribution in [0.25, 0.3) is 11.1 Å². The first-order valence-electron chi connectivity index (χ1n) is 8.18. The number of halogens is 1. The van der Waals surface area contributed by atoms with Crippen molar-refractivity contribution >= 4 is 12.0 Å². The summed E-state index contributed by atoms with van der Waals surface area (Å²) in [5.41, 5.74) is 2.52. The summed E-state index contributed by atoms with van der Waals surface area (Å²) in [4.78, 5) is 24.5. The number of nitrogens with one attached hydrogen (secondary N) is 1. The zero-order chi connectivity index (χ0) is 18.7. The first-order chi connectivity index (χ1) is 12.5. The molecule has 2 aromatic carbocycles. The number of carboxylic acids is 1. The van der Waals surface area contributed by atoms with Crippen LogP contribution in [0, 0.1) is 5.82 Å². The molecular weight excluding hydrogens is 339 g/mol. The number of carboxylic acid groups (broad SMARTS) is 1. The molecule has 1 heterocycles. The van der Waals surface area contributed by atoms with E-state index in [0.717, 1.165) is 5.56 Å². The van der Waals surface area contributed by atoms with Crippen LogP contribution in [0.15, 0.2) is 36.4 Å². The van der Waals surface area contributed by atoms with Crippen molar-refractivity contribution in [2.24, 2.45) is 0 Å². The average Bonchev–Trinajstić information content (AvgIpc) is 3.01. The number of hydrogen-bond acceptors (Lipinski definition) is 3. The van der Waals surface area contributed by atoms with Crippen LogP contribution in [0.1, 0.15) is 11.1 Å². The number of benzene rings is 2. The SMILES string of the molecule is COc1ccc(CC(=O)O)cc1-c1cc(F)ccc1CN1CCNC1=O. The summed E-state index contributed by atoms with van der Waals surface area (Å²) in [7, 11) is 1.50. The van der Waals surface area contributed by atoms with Crippen molar-refractivity contribution in [1.29, 1.82) is 0 Å². The van der Waals surface area contributed by atoms with Gasteiger partial charge in [-0.3, -0.25) is 4.79 Å². The highest BCUT2D eigenvalue weighted by Gasteiger charge is 2.22. The van der Waals surface area contributed by atoms with E-state index >= 15 is 0 Å². The minimum absolute atomic E-state index is 0.143. The highest BCUT2D eigenvalue weighted by atomic mass is 19.1. The van der Waals surface area contributed by atoms with Crippen molar-refractivity contribution in [3.8, 4) is 16.9 Å². The van der Waals surface area contributed by atoms with Gasteiger partial charge in [-0.05, 0) is 41.0 Å². The van der Waals surface area contributed by atoms with Gasteiger partial charge in [0.25, 0.3) is 0 Å². The van der Waals surface area contributed by atoms with Crippen molar-refractivity contribution in [3.63, 3.8) is 0 Å². The molecule has 1 fully saturated rings. The van der Waals surface area contributed by atoms with Crippen LogP contribution in [0.4, 0.5) is 9.18 Å². The molecule has 2 aromatic rings. The third-order valence-corrected chi connectivity index (χ3v) is 4.29. The lowest BCUT2D eigenvalue weighted by Crippen LogP contribution is -2.27. The second-order valence-corrected chi connectivity index (χ2v) is 6.06. The quantitative estimate of drug-likeness (QED) is 0.832. The summed E-state index contributed by atoms with van der Waals surface area (Å²) < 4.78 is 19.3. The van der Waals surface area contributed by atoms with E-state index in [1.54, 1.807) is 29.2 Å². The lowest BCUT2D eigenvalue weighted by atomic mass is 9.96. The average molecular weight is 358 g/mol. The lowest BCUT2D eigenvalue weighted by Gasteiger charge is -2.19. The molecule has 0 aromatic heterocycles. The van der Waals surface area contributed by atoms with Crippen LogP contribution >= 0.6 is 0 Å². The smallest absolute Gasteiger partial charge is 0.317 e. The summed E-state index contributed by atoms with van der Waals surface area (Å²) >= 11 is 0. The van der Waals surface area contributed by atoms with Crippen molar-refractivity contribution in [2.75, 3.05) is 20.2 Å². The molecule has 6 nitrogen and oxygen atoms in total. The van der Waals surface area contributed by atoms with Crippen molar-refractivity contribution in [2.45, 2.75) is 13.0 Å². The number of carbonyl (C=O) groups is 2. The number of nitrogens with zero attached hydrogens (tertiary/aromatic N) is 1. The number of ether oxygens (including phenoxy) is 1. The summed E-state index contributed by atoms with van der Waals surface area (Å²) in [5, 5.41) is 11.8. The van der Waals surface area contributed by atoms with Gasteiger partial charge >= 0.3 is 12.0 Å². The van der Waals surface area contributed by atoms with Gasteiger partial charge in [-0.2, -0.15) is 0 Å². The number of rotatable bonds is 6. The normalized spacial score (nSPS) is 13.6. The fourth-order valence-electron chi connectivity index (χ4n) is 3.06. The predicted molar refractivity (Wildman–Crippen MR) is 93.5 cm³/mol. The minimum Gasteiger partial charge on any atom is -0.496 e. The topological polar surface area (TPSA) is 78.9 Å². The molecule has 0 unspecified atom stereocenters. The molecule has 2 N–H and O–H groups in total. The predicted octanol–water partition coefficient (Wildman–Crippen LogP) is 2.65. The van der Waals surface area contributed by atoms with E-state index in [9.17, 15) is 14.0 Å². The molecule has 0 bridgehead atoms. The van der Waals surface area contributed by atoms with E-state index in [-0.39, 0.29) is 12.5 Å². The van der Waals surface area contributed by atoms with E-state index in [1.807, 2.05) is 0 Å². The Hall–Kier alpha value is -3.09. The van der Waals surface area contributed by atoms with Crippen LogP contribution in [-0.2, 0) is 17.8 Å². The monoisotopic (exact) mass is 358 g/mol. The van der Waals surface area contributed by atoms with Crippen LogP contribution in [0.3, 0.4) is 0 Å². The first kappa shape index (κ1) is 17.7. The van der Waals surface area contributed by atoms with Gasteiger partial charge in [-0.1, -0.05) is 12.1 Å². The van der Waals surface area contributed by atoms with Crippen LogP contribution in [0.5, 0.6) is 5.75 Å². The number of methoxy groups -OCH3 is 1.